The second-order valence-corrected chi connectivity index (χ2v) is 7.42. The summed E-state index contributed by atoms with van der Waals surface area (Å²) in [6.45, 7) is 5.50. The van der Waals surface area contributed by atoms with E-state index in [4.69, 9.17) is 5.26 Å². The Bertz CT molecular complexity index is 906. The van der Waals surface area contributed by atoms with Gasteiger partial charge in [-0.3, -0.25) is 9.59 Å². The molecule has 2 amide bonds. The topological polar surface area (TPSA) is 99.8 Å². The molecule has 0 bridgehead atoms. The van der Waals surface area contributed by atoms with Crippen LogP contribution in [0.15, 0.2) is 24.3 Å². The molecule has 1 aromatic heterocycles. The number of rotatable bonds is 6. The van der Waals surface area contributed by atoms with Crippen molar-refractivity contribution in [2.24, 2.45) is 5.92 Å². The van der Waals surface area contributed by atoms with Crippen molar-refractivity contribution in [3.8, 4) is 6.07 Å². The first-order chi connectivity index (χ1) is 13.5. The van der Waals surface area contributed by atoms with Crippen molar-refractivity contribution in [1.29, 1.82) is 5.26 Å². The zero-order chi connectivity index (χ0) is 20.1. The zero-order valence-corrected chi connectivity index (χ0v) is 16.3. The number of nitrogens with zero attached hydrogens (tertiary/aromatic N) is 3. The molecule has 2 heterocycles. The van der Waals surface area contributed by atoms with E-state index < -0.39 is 0 Å². The lowest BCUT2D eigenvalue weighted by Crippen LogP contribution is -2.29. The van der Waals surface area contributed by atoms with Crippen molar-refractivity contribution in [3.05, 3.63) is 47.0 Å². The molecule has 1 aliphatic rings. The Morgan fingerprint density at radius 3 is 2.64 bits per heavy atom. The average molecular weight is 379 g/mol. The van der Waals surface area contributed by atoms with Gasteiger partial charge in [0.05, 0.1) is 17.3 Å². The highest BCUT2D eigenvalue weighted by Gasteiger charge is 2.27. The van der Waals surface area contributed by atoms with E-state index in [-0.39, 0.29) is 11.8 Å². The maximum Gasteiger partial charge on any atom is 0.287 e. The second kappa shape index (κ2) is 8.70. The standard InChI is InChI=1S/C21H25N5O2/c1-14(2)10-11-23-21(28)19-25-18(17-5-3-4-12-26(17)19)20(27)24-16-8-6-15(13-22)7-9-16/h6-9,14H,3-5,10-12H2,1-2H3,(H,23,28)(H,24,27). The summed E-state index contributed by atoms with van der Waals surface area (Å²) in [5.41, 5.74) is 2.23. The molecule has 146 valence electrons. The molecule has 0 saturated heterocycles. The fraction of sp³-hybridized carbons (Fsp3) is 0.429. The van der Waals surface area contributed by atoms with Crippen LogP contribution in [-0.2, 0) is 13.0 Å². The van der Waals surface area contributed by atoms with Crippen molar-refractivity contribution in [2.45, 2.75) is 46.1 Å². The molecule has 0 saturated carbocycles. The van der Waals surface area contributed by atoms with Gasteiger partial charge in [0.1, 0.15) is 0 Å². The van der Waals surface area contributed by atoms with Gasteiger partial charge < -0.3 is 15.2 Å². The minimum Gasteiger partial charge on any atom is -0.349 e. The number of benzene rings is 1. The van der Waals surface area contributed by atoms with Gasteiger partial charge in [0, 0.05) is 18.8 Å². The number of nitriles is 1. The predicted molar refractivity (Wildman–Crippen MR) is 106 cm³/mol. The van der Waals surface area contributed by atoms with E-state index >= 15 is 0 Å². The summed E-state index contributed by atoms with van der Waals surface area (Å²) in [6.07, 6.45) is 3.55. The monoisotopic (exact) mass is 379 g/mol. The van der Waals surface area contributed by atoms with Crippen LogP contribution >= 0.6 is 0 Å². The first kappa shape index (κ1) is 19.6. The molecule has 0 aliphatic carbocycles. The van der Waals surface area contributed by atoms with E-state index in [0.29, 0.717) is 41.8 Å². The molecule has 7 nitrogen and oxygen atoms in total. The molecule has 0 fully saturated rings. The van der Waals surface area contributed by atoms with Gasteiger partial charge in [0.2, 0.25) is 0 Å². The van der Waals surface area contributed by atoms with Crippen molar-refractivity contribution in [2.75, 3.05) is 11.9 Å². The van der Waals surface area contributed by atoms with Gasteiger partial charge in [-0.2, -0.15) is 5.26 Å². The smallest absolute Gasteiger partial charge is 0.287 e. The molecule has 1 aromatic carbocycles. The highest BCUT2D eigenvalue weighted by atomic mass is 16.2. The summed E-state index contributed by atoms with van der Waals surface area (Å²) in [5, 5.41) is 14.6. The maximum absolute atomic E-state index is 12.8. The van der Waals surface area contributed by atoms with E-state index in [0.717, 1.165) is 31.4 Å². The molecule has 0 atom stereocenters. The lowest BCUT2D eigenvalue weighted by Gasteiger charge is -2.17. The predicted octanol–water partition coefficient (Wildman–Crippen LogP) is 3.12. The summed E-state index contributed by atoms with van der Waals surface area (Å²) >= 11 is 0. The molecular weight excluding hydrogens is 354 g/mol. The summed E-state index contributed by atoms with van der Waals surface area (Å²) in [5.74, 6) is 0.240. The normalized spacial score (nSPS) is 12.9. The molecule has 28 heavy (non-hydrogen) atoms. The number of fused-ring (bicyclic) bond motifs is 1. The van der Waals surface area contributed by atoms with Crippen LogP contribution in [0.3, 0.4) is 0 Å². The Morgan fingerprint density at radius 2 is 1.96 bits per heavy atom. The van der Waals surface area contributed by atoms with Gasteiger partial charge in [0.25, 0.3) is 11.8 Å². The summed E-state index contributed by atoms with van der Waals surface area (Å²) in [6, 6.07) is 8.69. The third-order valence-electron chi connectivity index (χ3n) is 4.82. The average Bonchev–Trinajstić information content (AvgIpc) is 3.08. The Morgan fingerprint density at radius 1 is 1.21 bits per heavy atom. The van der Waals surface area contributed by atoms with Gasteiger partial charge in [-0.25, -0.2) is 4.98 Å². The quantitative estimate of drug-likeness (QED) is 0.805. The molecule has 0 unspecified atom stereocenters. The fourth-order valence-corrected chi connectivity index (χ4v) is 3.27. The van der Waals surface area contributed by atoms with E-state index in [1.54, 1.807) is 24.3 Å². The highest BCUT2D eigenvalue weighted by Crippen LogP contribution is 2.22. The Balaban J connectivity index is 1.80. The van der Waals surface area contributed by atoms with Crippen molar-refractivity contribution >= 4 is 17.5 Å². The van der Waals surface area contributed by atoms with Gasteiger partial charge in [-0.15, -0.1) is 0 Å². The maximum atomic E-state index is 12.8. The van der Waals surface area contributed by atoms with Crippen LogP contribution in [0, 0.1) is 17.2 Å². The highest BCUT2D eigenvalue weighted by molar-refractivity contribution is 6.05. The number of hydrogen-bond acceptors (Lipinski definition) is 4. The zero-order valence-electron chi connectivity index (χ0n) is 16.3. The first-order valence-electron chi connectivity index (χ1n) is 9.68. The van der Waals surface area contributed by atoms with Crippen LogP contribution in [0.2, 0.25) is 0 Å². The molecular formula is C21H25N5O2. The molecule has 7 heteroatoms. The van der Waals surface area contributed by atoms with Gasteiger partial charge >= 0.3 is 0 Å². The summed E-state index contributed by atoms with van der Waals surface area (Å²) < 4.78 is 1.88. The van der Waals surface area contributed by atoms with Gasteiger partial charge in [-0.05, 0) is 55.9 Å². The van der Waals surface area contributed by atoms with Gasteiger partial charge in [0.15, 0.2) is 11.5 Å². The molecule has 0 radical (unpaired) electrons. The number of carbonyl (C=O) groups is 2. The number of nitrogens with one attached hydrogen (secondary N) is 2. The van der Waals surface area contributed by atoms with Crippen LogP contribution in [0.4, 0.5) is 5.69 Å². The largest absolute Gasteiger partial charge is 0.349 e. The molecule has 1 aliphatic heterocycles. The van der Waals surface area contributed by atoms with Crippen LogP contribution < -0.4 is 10.6 Å². The van der Waals surface area contributed by atoms with Crippen LogP contribution in [-0.4, -0.2) is 27.9 Å². The van der Waals surface area contributed by atoms with Crippen LogP contribution in [0.1, 0.15) is 65.5 Å². The van der Waals surface area contributed by atoms with Crippen molar-refractivity contribution in [1.82, 2.24) is 14.9 Å². The molecule has 0 spiro atoms. The van der Waals surface area contributed by atoms with E-state index in [1.807, 2.05) is 10.6 Å². The van der Waals surface area contributed by atoms with Crippen LogP contribution in [0.25, 0.3) is 0 Å². The fourth-order valence-electron chi connectivity index (χ4n) is 3.27. The number of aromatic nitrogens is 2. The minimum atomic E-state index is -0.336. The van der Waals surface area contributed by atoms with Crippen molar-refractivity contribution in [3.63, 3.8) is 0 Å². The number of hydrogen-bond donors (Lipinski definition) is 2. The number of amides is 2. The Labute approximate surface area is 164 Å². The van der Waals surface area contributed by atoms with Crippen molar-refractivity contribution < 1.29 is 9.59 Å². The minimum absolute atomic E-state index is 0.235. The van der Waals surface area contributed by atoms with E-state index in [9.17, 15) is 9.59 Å². The van der Waals surface area contributed by atoms with E-state index in [2.05, 4.69) is 29.5 Å². The third kappa shape index (κ3) is 4.39. The molecule has 2 N–H and O–H groups in total. The number of carbonyl (C=O) groups excluding carboxylic acids is 2. The lowest BCUT2D eigenvalue weighted by atomic mass is 10.1. The number of imidazole rings is 1. The molecule has 3 rings (SSSR count). The Kier molecular flexibility index (Phi) is 6.09. The first-order valence-corrected chi connectivity index (χ1v) is 9.68. The van der Waals surface area contributed by atoms with E-state index in [1.165, 1.54) is 0 Å². The third-order valence-corrected chi connectivity index (χ3v) is 4.82. The summed E-state index contributed by atoms with van der Waals surface area (Å²) in [7, 11) is 0. The molecule has 2 aromatic rings. The van der Waals surface area contributed by atoms with Gasteiger partial charge in [-0.1, -0.05) is 13.8 Å². The van der Waals surface area contributed by atoms with Crippen LogP contribution in [0.5, 0.6) is 0 Å². The lowest BCUT2D eigenvalue weighted by molar-refractivity contribution is 0.0936. The number of anilines is 1. The summed E-state index contributed by atoms with van der Waals surface area (Å²) in [4.78, 5) is 29.8. The Hall–Kier alpha value is -3.14. The SMILES string of the molecule is CC(C)CCNC(=O)c1nc(C(=O)Nc2ccc(C#N)cc2)c2n1CCCC2. The second-order valence-electron chi connectivity index (χ2n) is 7.42.